The minimum atomic E-state index is 0.504. The van der Waals surface area contributed by atoms with Gasteiger partial charge in [-0.2, -0.15) is 4.98 Å². The third-order valence-electron chi connectivity index (χ3n) is 3.17. The number of hydrogen-bond acceptors (Lipinski definition) is 4. The first-order chi connectivity index (χ1) is 7.29. The summed E-state index contributed by atoms with van der Waals surface area (Å²) in [6.45, 7) is 5.00. The summed E-state index contributed by atoms with van der Waals surface area (Å²) in [7, 11) is 0. The smallest absolute Gasteiger partial charge is 0.240 e. The molecule has 0 amide bonds. The van der Waals surface area contributed by atoms with Crippen LogP contribution in [-0.4, -0.2) is 16.2 Å². The first-order valence-corrected chi connectivity index (χ1v) is 5.85. The minimum absolute atomic E-state index is 0.504. The molecule has 0 aliphatic heterocycles. The van der Waals surface area contributed by atoms with Gasteiger partial charge in [0.15, 0.2) is 5.82 Å². The molecule has 15 heavy (non-hydrogen) atoms. The lowest BCUT2D eigenvalue weighted by molar-refractivity contribution is 0.337. The summed E-state index contributed by atoms with van der Waals surface area (Å²) in [4.78, 5) is 4.40. The van der Waals surface area contributed by atoms with Gasteiger partial charge in [0.2, 0.25) is 5.89 Å². The minimum Gasteiger partial charge on any atom is -0.338 e. The number of nitrogens with one attached hydrogen (secondary N) is 1. The van der Waals surface area contributed by atoms with Gasteiger partial charge in [-0.05, 0) is 26.2 Å². The van der Waals surface area contributed by atoms with E-state index in [-0.39, 0.29) is 0 Å². The molecule has 0 radical (unpaired) electrons. The molecule has 1 fully saturated rings. The van der Waals surface area contributed by atoms with E-state index in [1.54, 1.807) is 0 Å². The van der Waals surface area contributed by atoms with Crippen LogP contribution in [0.1, 0.15) is 57.2 Å². The highest BCUT2D eigenvalue weighted by molar-refractivity contribution is 4.99. The van der Waals surface area contributed by atoms with Crippen LogP contribution in [0, 0.1) is 0 Å². The van der Waals surface area contributed by atoms with Gasteiger partial charge in [-0.15, -0.1) is 0 Å². The average Bonchev–Trinajstić information content (AvgIpc) is 2.60. The van der Waals surface area contributed by atoms with E-state index in [1.165, 1.54) is 19.3 Å². The van der Waals surface area contributed by atoms with Crippen molar-refractivity contribution in [3.05, 3.63) is 11.7 Å². The van der Waals surface area contributed by atoms with Gasteiger partial charge >= 0.3 is 0 Å². The highest BCUT2D eigenvalue weighted by atomic mass is 16.5. The molecule has 1 aliphatic carbocycles. The average molecular weight is 209 g/mol. The summed E-state index contributed by atoms with van der Waals surface area (Å²) in [5.74, 6) is 2.19. The van der Waals surface area contributed by atoms with Gasteiger partial charge in [0.05, 0.1) is 6.54 Å². The molecule has 0 bridgehead atoms. The van der Waals surface area contributed by atoms with Crippen molar-refractivity contribution in [2.45, 2.75) is 58.0 Å². The van der Waals surface area contributed by atoms with E-state index >= 15 is 0 Å². The molecule has 4 nitrogen and oxygen atoms in total. The van der Waals surface area contributed by atoms with Crippen molar-refractivity contribution in [2.24, 2.45) is 0 Å². The van der Waals surface area contributed by atoms with Crippen molar-refractivity contribution in [1.29, 1.82) is 0 Å². The molecule has 0 spiro atoms. The topological polar surface area (TPSA) is 51.0 Å². The largest absolute Gasteiger partial charge is 0.338 e. The molecule has 4 heteroatoms. The molecule has 1 unspecified atom stereocenters. The maximum Gasteiger partial charge on any atom is 0.240 e. The quantitative estimate of drug-likeness (QED) is 0.808. The molecule has 1 atom stereocenters. The third kappa shape index (κ3) is 2.56. The predicted octanol–water partition coefficient (Wildman–Crippen LogP) is 2.23. The Labute approximate surface area is 90.4 Å². The molecule has 1 saturated carbocycles. The molecular weight excluding hydrogens is 190 g/mol. The van der Waals surface area contributed by atoms with Crippen molar-refractivity contribution in [3.63, 3.8) is 0 Å². The molecule has 1 aliphatic rings. The van der Waals surface area contributed by atoms with E-state index in [9.17, 15) is 0 Å². The number of hydrogen-bond donors (Lipinski definition) is 1. The van der Waals surface area contributed by atoms with Gasteiger partial charge in [0, 0.05) is 12.0 Å². The number of aromatic nitrogens is 2. The van der Waals surface area contributed by atoms with Crippen LogP contribution in [0.2, 0.25) is 0 Å². The van der Waals surface area contributed by atoms with E-state index in [1.807, 2.05) is 0 Å². The van der Waals surface area contributed by atoms with Gasteiger partial charge < -0.3 is 9.84 Å². The van der Waals surface area contributed by atoms with Gasteiger partial charge in [-0.25, -0.2) is 0 Å². The molecule has 0 aromatic carbocycles. The van der Waals surface area contributed by atoms with Crippen molar-refractivity contribution >= 4 is 0 Å². The first kappa shape index (κ1) is 10.6. The summed E-state index contributed by atoms with van der Waals surface area (Å²) >= 11 is 0. The summed E-state index contributed by atoms with van der Waals surface area (Å²) in [6.07, 6.45) is 4.86. The molecule has 1 heterocycles. The molecule has 84 valence electrons. The van der Waals surface area contributed by atoms with E-state index in [0.717, 1.165) is 18.1 Å². The molecule has 1 aromatic heterocycles. The molecule has 0 saturated heterocycles. The Bertz CT molecular complexity index is 307. The van der Waals surface area contributed by atoms with E-state index in [0.29, 0.717) is 18.5 Å². The van der Waals surface area contributed by atoms with Crippen molar-refractivity contribution in [3.8, 4) is 0 Å². The van der Waals surface area contributed by atoms with Crippen LogP contribution in [0.15, 0.2) is 4.52 Å². The fourth-order valence-electron chi connectivity index (χ4n) is 1.58. The third-order valence-corrected chi connectivity index (χ3v) is 3.17. The van der Waals surface area contributed by atoms with Crippen molar-refractivity contribution in [1.82, 2.24) is 15.5 Å². The number of rotatable bonds is 5. The Morgan fingerprint density at radius 2 is 2.33 bits per heavy atom. The highest BCUT2D eigenvalue weighted by Gasteiger charge is 2.24. The van der Waals surface area contributed by atoms with Crippen LogP contribution in [-0.2, 0) is 6.54 Å². The van der Waals surface area contributed by atoms with Crippen LogP contribution in [0.4, 0.5) is 0 Å². The van der Waals surface area contributed by atoms with E-state index < -0.39 is 0 Å². The summed E-state index contributed by atoms with van der Waals surface area (Å²) in [6, 6.07) is 0.504. The standard InChI is InChI=1S/C11H19N3O/c1-3-8(2)12-7-10-13-11(14-15-10)9-5-4-6-9/h8-9,12H,3-7H2,1-2H3. The zero-order valence-electron chi connectivity index (χ0n) is 9.49. The van der Waals surface area contributed by atoms with Crippen LogP contribution in [0.5, 0.6) is 0 Å². The normalized spacial score (nSPS) is 18.8. The maximum atomic E-state index is 5.19. The Hall–Kier alpha value is -0.900. The first-order valence-electron chi connectivity index (χ1n) is 5.85. The fourth-order valence-corrected chi connectivity index (χ4v) is 1.58. The summed E-state index contributed by atoms with van der Waals surface area (Å²) in [5.41, 5.74) is 0. The summed E-state index contributed by atoms with van der Waals surface area (Å²) in [5, 5.41) is 7.36. The monoisotopic (exact) mass is 209 g/mol. The van der Waals surface area contributed by atoms with Gasteiger partial charge in [0.25, 0.3) is 0 Å². The SMILES string of the molecule is CCC(C)NCc1nc(C2CCC2)no1. The number of nitrogens with zero attached hydrogens (tertiary/aromatic N) is 2. The van der Waals surface area contributed by atoms with Gasteiger partial charge in [-0.1, -0.05) is 18.5 Å². The van der Waals surface area contributed by atoms with Crippen molar-refractivity contribution in [2.75, 3.05) is 0 Å². The second-order valence-corrected chi connectivity index (χ2v) is 4.36. The van der Waals surface area contributed by atoms with Gasteiger partial charge in [0.1, 0.15) is 0 Å². The molecular formula is C11H19N3O. The zero-order chi connectivity index (χ0) is 10.7. The molecule has 2 rings (SSSR count). The molecule has 1 N–H and O–H groups in total. The maximum absolute atomic E-state index is 5.19. The van der Waals surface area contributed by atoms with Crippen molar-refractivity contribution < 1.29 is 4.52 Å². The van der Waals surface area contributed by atoms with E-state index in [4.69, 9.17) is 4.52 Å². The second-order valence-electron chi connectivity index (χ2n) is 4.36. The van der Waals surface area contributed by atoms with Crippen LogP contribution < -0.4 is 5.32 Å². The van der Waals surface area contributed by atoms with Crippen LogP contribution in [0.25, 0.3) is 0 Å². The lowest BCUT2D eigenvalue weighted by Crippen LogP contribution is -2.24. The Morgan fingerprint density at radius 1 is 1.53 bits per heavy atom. The highest BCUT2D eigenvalue weighted by Crippen LogP contribution is 2.34. The summed E-state index contributed by atoms with van der Waals surface area (Å²) < 4.78 is 5.19. The predicted molar refractivity (Wildman–Crippen MR) is 57.5 cm³/mol. The zero-order valence-corrected chi connectivity index (χ0v) is 9.49. The van der Waals surface area contributed by atoms with Gasteiger partial charge in [-0.3, -0.25) is 0 Å². The Morgan fingerprint density at radius 3 is 2.93 bits per heavy atom. The van der Waals surface area contributed by atoms with Crippen LogP contribution in [0.3, 0.4) is 0 Å². The Kier molecular flexibility index (Phi) is 3.36. The fraction of sp³-hybridized carbons (Fsp3) is 0.818. The molecule has 1 aromatic rings. The lowest BCUT2D eigenvalue weighted by atomic mass is 9.85. The van der Waals surface area contributed by atoms with Crippen LogP contribution >= 0.6 is 0 Å². The second kappa shape index (κ2) is 4.75. The lowest BCUT2D eigenvalue weighted by Gasteiger charge is -2.20. The van der Waals surface area contributed by atoms with E-state index in [2.05, 4.69) is 29.3 Å². The Balaban J connectivity index is 1.84.